The average Bonchev–Trinajstić information content (AvgIpc) is 3.42. The Labute approximate surface area is 491 Å². The first-order valence-electron chi connectivity index (χ1n) is 31.9. The Hall–Kier alpha value is -3.85. The Morgan fingerprint density at radius 1 is 0.388 bits per heavy atom. The van der Waals surface area contributed by atoms with Gasteiger partial charge < -0.3 is 27.9 Å². The van der Waals surface area contributed by atoms with Crippen molar-refractivity contribution in [2.24, 2.45) is 0 Å². The molecule has 0 aromatic carbocycles. The second-order valence-corrected chi connectivity index (χ2v) is 23.4. The molecule has 2 atom stereocenters. The third kappa shape index (κ3) is 63.3. The number of carbonyl (C=O) groups is 2. The van der Waals surface area contributed by atoms with E-state index < -0.39 is 32.5 Å². The van der Waals surface area contributed by atoms with Crippen molar-refractivity contribution in [3.63, 3.8) is 0 Å². The quantitative estimate of drug-likeness (QED) is 0.0195. The molecule has 0 fully saturated rings. The molecule has 0 spiro atoms. The van der Waals surface area contributed by atoms with Gasteiger partial charge in [-0.1, -0.05) is 257 Å². The van der Waals surface area contributed by atoms with Crippen LogP contribution in [0.1, 0.15) is 245 Å². The molecule has 0 aromatic rings. The summed E-state index contributed by atoms with van der Waals surface area (Å²) in [6.07, 6.45) is 86.7. The van der Waals surface area contributed by atoms with Gasteiger partial charge in [-0.2, -0.15) is 0 Å². The second-order valence-electron chi connectivity index (χ2n) is 22.0. The molecule has 0 saturated heterocycles. The fourth-order valence-electron chi connectivity index (χ4n) is 8.33. The summed E-state index contributed by atoms with van der Waals surface area (Å²) < 4.78 is 34.2. The van der Waals surface area contributed by atoms with Crippen LogP contribution in [0.15, 0.2) is 134 Å². The number of hydrogen-bond acceptors (Lipinski definition) is 8. The van der Waals surface area contributed by atoms with Crippen LogP contribution in [0.5, 0.6) is 0 Å². The Morgan fingerprint density at radius 2 is 0.675 bits per heavy atom. The minimum absolute atomic E-state index is 0.0418. The lowest BCUT2D eigenvalue weighted by molar-refractivity contribution is -0.870. The Morgan fingerprint density at radius 3 is 1.01 bits per heavy atom. The van der Waals surface area contributed by atoms with Crippen molar-refractivity contribution < 1.29 is 42.1 Å². The van der Waals surface area contributed by atoms with E-state index in [1.54, 1.807) is 0 Å². The number of allylic oxidation sites excluding steroid dienone is 22. The highest BCUT2D eigenvalue weighted by atomic mass is 31.2. The van der Waals surface area contributed by atoms with Crippen LogP contribution in [0.4, 0.5) is 0 Å². The maximum atomic E-state index is 12.8. The zero-order chi connectivity index (χ0) is 58.4. The topological polar surface area (TPSA) is 111 Å². The van der Waals surface area contributed by atoms with E-state index >= 15 is 0 Å². The summed E-state index contributed by atoms with van der Waals surface area (Å²) in [7, 11) is 1.14. The molecule has 80 heavy (non-hydrogen) atoms. The number of hydrogen-bond donors (Lipinski definition) is 0. The highest BCUT2D eigenvalue weighted by Gasteiger charge is 2.22. The third-order valence-electron chi connectivity index (χ3n) is 13.2. The second kappa shape index (κ2) is 59.8. The van der Waals surface area contributed by atoms with Crippen molar-refractivity contribution in [3.05, 3.63) is 134 Å². The van der Waals surface area contributed by atoms with E-state index in [0.717, 1.165) is 109 Å². The summed E-state index contributed by atoms with van der Waals surface area (Å²) in [5.41, 5.74) is 0. The van der Waals surface area contributed by atoms with E-state index in [4.69, 9.17) is 18.5 Å². The van der Waals surface area contributed by atoms with Gasteiger partial charge in [0, 0.05) is 12.8 Å². The van der Waals surface area contributed by atoms with Crippen LogP contribution in [-0.2, 0) is 32.7 Å². The van der Waals surface area contributed by atoms with E-state index in [0.29, 0.717) is 23.9 Å². The monoisotopic (exact) mass is 1130 g/mol. The number of quaternary nitrogens is 1. The molecule has 0 saturated carbocycles. The standard InChI is InChI=1S/C70H118NO8P/c1-6-8-10-12-14-16-18-20-22-24-26-27-28-29-30-31-32-33-34-35-36-37-38-39-40-41-42-43-45-47-49-51-53-55-57-59-61-63-70(73)79-68(67-78-80(74,75)77-65-64-71(3,4)5)66-76-69(72)62-60-58-56-54-52-50-48-46-44-25-23-21-19-17-15-13-11-9-7-2/h8-11,14-17,20-23,26-27,29-30,32-33,44,46,50,52,68H,6-7,12-13,18-19,24-25,28,31,34-43,45,47-49,51,53-67H2,1-5H3/b10-8-,11-9-,16-14-,17-15-,22-20-,23-21-,27-26-,30-29-,33-32-,46-44-,52-50-. The van der Waals surface area contributed by atoms with Crippen molar-refractivity contribution in [1.82, 2.24) is 0 Å². The number of phosphoric acid groups is 1. The fraction of sp³-hybridized carbons (Fsp3) is 0.657. The molecule has 0 heterocycles. The molecule has 0 aliphatic carbocycles. The molecule has 0 aliphatic rings. The number of likely N-dealkylation sites (N-methyl/N-ethyl adjacent to an activating group) is 1. The molecule has 0 amide bonds. The van der Waals surface area contributed by atoms with Gasteiger partial charge in [0.1, 0.15) is 19.8 Å². The third-order valence-corrected chi connectivity index (χ3v) is 14.1. The predicted octanol–water partition coefficient (Wildman–Crippen LogP) is 19.9. The summed E-state index contributed by atoms with van der Waals surface area (Å²) in [6.45, 7) is 3.97. The van der Waals surface area contributed by atoms with Crippen LogP contribution in [0, 0.1) is 0 Å². The summed E-state index contributed by atoms with van der Waals surface area (Å²) >= 11 is 0. The van der Waals surface area contributed by atoms with Crippen LogP contribution in [0.3, 0.4) is 0 Å². The van der Waals surface area contributed by atoms with Gasteiger partial charge in [0.2, 0.25) is 0 Å². The number of carbonyl (C=O) groups excluding carboxylic acids is 2. The lowest BCUT2D eigenvalue weighted by Crippen LogP contribution is -2.37. The number of rotatable bonds is 57. The molecule has 9 nitrogen and oxygen atoms in total. The van der Waals surface area contributed by atoms with Crippen molar-refractivity contribution in [2.75, 3.05) is 47.5 Å². The molecular formula is C70H118NO8P. The van der Waals surface area contributed by atoms with Crippen LogP contribution >= 0.6 is 7.82 Å². The number of phosphoric ester groups is 1. The van der Waals surface area contributed by atoms with Crippen molar-refractivity contribution in [2.45, 2.75) is 251 Å². The highest BCUT2D eigenvalue weighted by molar-refractivity contribution is 7.45. The van der Waals surface area contributed by atoms with Gasteiger partial charge in [-0.25, -0.2) is 0 Å². The largest absolute Gasteiger partial charge is 0.756 e. The zero-order valence-electron chi connectivity index (χ0n) is 51.7. The Bertz CT molecular complexity index is 1810. The van der Waals surface area contributed by atoms with Gasteiger partial charge >= 0.3 is 11.9 Å². The first-order valence-corrected chi connectivity index (χ1v) is 33.4. The molecule has 0 aliphatic heterocycles. The van der Waals surface area contributed by atoms with Crippen LogP contribution in [0.2, 0.25) is 0 Å². The minimum atomic E-state index is -4.65. The van der Waals surface area contributed by atoms with Gasteiger partial charge in [-0.15, -0.1) is 0 Å². The normalized spacial score (nSPS) is 14.1. The van der Waals surface area contributed by atoms with E-state index in [9.17, 15) is 19.0 Å². The summed E-state index contributed by atoms with van der Waals surface area (Å²) in [5.74, 6) is -0.874. The zero-order valence-corrected chi connectivity index (χ0v) is 52.6. The van der Waals surface area contributed by atoms with E-state index in [1.165, 1.54) is 96.3 Å². The van der Waals surface area contributed by atoms with Gasteiger partial charge in [0.25, 0.3) is 7.82 Å². The van der Waals surface area contributed by atoms with Crippen LogP contribution in [-0.4, -0.2) is 70.0 Å². The number of nitrogens with zero attached hydrogens (tertiary/aromatic N) is 1. The summed E-state index contributed by atoms with van der Waals surface area (Å²) in [6, 6.07) is 0. The summed E-state index contributed by atoms with van der Waals surface area (Å²) in [4.78, 5) is 37.9. The number of unbranched alkanes of at least 4 members (excludes halogenated alkanes) is 21. The van der Waals surface area contributed by atoms with Gasteiger partial charge in [0.05, 0.1) is 27.7 Å². The van der Waals surface area contributed by atoms with Crippen LogP contribution in [0.25, 0.3) is 0 Å². The lowest BCUT2D eigenvalue weighted by atomic mass is 10.0. The van der Waals surface area contributed by atoms with Crippen molar-refractivity contribution >= 4 is 19.8 Å². The molecule has 2 unspecified atom stereocenters. The lowest BCUT2D eigenvalue weighted by Gasteiger charge is -2.28. The molecule has 0 N–H and O–H groups in total. The average molecular weight is 1130 g/mol. The predicted molar refractivity (Wildman–Crippen MR) is 341 cm³/mol. The molecular weight excluding hydrogens is 1010 g/mol. The highest BCUT2D eigenvalue weighted by Crippen LogP contribution is 2.38. The molecule has 10 heteroatoms. The smallest absolute Gasteiger partial charge is 0.306 e. The SMILES string of the molecule is CC/C=C\C/C=C\C/C=C\C/C=C\C/C=C\C/C=C\CCCCCCCCCCCCCCCCCCCCC(=O)OC(COC(=O)CCCCC/C=C\C/C=C\C/C=C\C/C=C\C/C=C\CC)COP(=O)([O-])OCC[N+](C)(C)C. The van der Waals surface area contributed by atoms with E-state index in [2.05, 4.69) is 148 Å². The van der Waals surface area contributed by atoms with Crippen LogP contribution < -0.4 is 4.89 Å². The summed E-state index contributed by atoms with van der Waals surface area (Å²) in [5, 5.41) is 0. The van der Waals surface area contributed by atoms with Gasteiger partial charge in [-0.05, 0) is 109 Å². The molecule has 0 aromatic heterocycles. The number of ether oxygens (including phenoxy) is 2. The van der Waals surface area contributed by atoms with E-state index in [-0.39, 0.29) is 26.1 Å². The van der Waals surface area contributed by atoms with Gasteiger partial charge in [0.15, 0.2) is 6.10 Å². The van der Waals surface area contributed by atoms with Gasteiger partial charge in [-0.3, -0.25) is 14.2 Å². The van der Waals surface area contributed by atoms with E-state index in [1.807, 2.05) is 21.1 Å². The maximum absolute atomic E-state index is 12.8. The molecule has 0 radical (unpaired) electrons. The van der Waals surface area contributed by atoms with Crippen molar-refractivity contribution in [1.29, 1.82) is 0 Å². The maximum Gasteiger partial charge on any atom is 0.306 e. The number of esters is 2. The van der Waals surface area contributed by atoms with Crippen molar-refractivity contribution in [3.8, 4) is 0 Å². The molecule has 456 valence electrons. The first kappa shape index (κ1) is 76.1. The fourth-order valence-corrected chi connectivity index (χ4v) is 9.06. The molecule has 0 rings (SSSR count). The minimum Gasteiger partial charge on any atom is -0.756 e. The Balaban J connectivity index is 4.07. The molecule has 0 bridgehead atoms. The Kier molecular flexibility index (Phi) is 56.9. The first-order chi connectivity index (χ1) is 39.0.